The third kappa shape index (κ3) is 6.26. The molecule has 2 fully saturated rings. The van der Waals surface area contributed by atoms with Crippen molar-refractivity contribution < 1.29 is 9.59 Å². The van der Waals surface area contributed by atoms with Crippen LogP contribution in [0.15, 0.2) is 0 Å². The summed E-state index contributed by atoms with van der Waals surface area (Å²) >= 11 is 0. The molecule has 0 bridgehead atoms. The molecule has 0 aromatic carbocycles. The molecular formula is C12H25N3O2. The van der Waals surface area contributed by atoms with Crippen LogP contribution in [-0.4, -0.2) is 73.8 Å². The van der Waals surface area contributed by atoms with Gasteiger partial charge in [0, 0.05) is 20.1 Å². The first kappa shape index (κ1) is 15.9. The van der Waals surface area contributed by atoms with E-state index in [-0.39, 0.29) is 12.5 Å². The molecule has 0 spiro atoms. The van der Waals surface area contributed by atoms with Crippen LogP contribution in [0, 0.1) is 0 Å². The molecule has 2 aliphatic rings. The third-order valence-electron chi connectivity index (χ3n) is 2.72. The first-order valence-electron chi connectivity index (χ1n) is 6.25. The van der Waals surface area contributed by atoms with Crippen LogP contribution in [-0.2, 0) is 9.59 Å². The van der Waals surface area contributed by atoms with E-state index in [0.717, 1.165) is 0 Å². The largest absolute Gasteiger partial charge is 0.342 e. The van der Waals surface area contributed by atoms with Gasteiger partial charge in [-0.1, -0.05) is 13.8 Å². The smallest absolute Gasteiger partial charge is 0.241 e. The van der Waals surface area contributed by atoms with Gasteiger partial charge >= 0.3 is 0 Å². The van der Waals surface area contributed by atoms with Gasteiger partial charge in [0.25, 0.3) is 0 Å². The Morgan fingerprint density at radius 3 is 1.88 bits per heavy atom. The van der Waals surface area contributed by atoms with Crippen LogP contribution in [0.25, 0.3) is 0 Å². The highest BCUT2D eigenvalue weighted by atomic mass is 16.2. The molecule has 100 valence electrons. The standard InChI is InChI=1S/C6H10N2O2.C4H9N.C2H6/c1-7-2-3-8(5-9)4-6(7)10;1-5-3-2-4-5;1-2/h5H,2-4H2,1H3;2-4H2,1H3;1-2H3. The topological polar surface area (TPSA) is 43.9 Å². The van der Waals surface area contributed by atoms with Gasteiger partial charge in [-0.25, -0.2) is 0 Å². The summed E-state index contributed by atoms with van der Waals surface area (Å²) in [5, 5.41) is 0. The van der Waals surface area contributed by atoms with Crippen LogP contribution in [0.2, 0.25) is 0 Å². The quantitative estimate of drug-likeness (QED) is 0.621. The molecule has 0 N–H and O–H groups in total. The number of likely N-dealkylation sites (tertiary alicyclic amines) is 1. The lowest BCUT2D eigenvalue weighted by molar-refractivity contribution is -0.138. The lowest BCUT2D eigenvalue weighted by Gasteiger charge is -2.28. The summed E-state index contributed by atoms with van der Waals surface area (Å²) in [6, 6.07) is 0. The number of nitrogens with zero attached hydrogens (tertiary/aromatic N) is 3. The summed E-state index contributed by atoms with van der Waals surface area (Å²) < 4.78 is 0. The van der Waals surface area contributed by atoms with Crippen LogP contribution in [0.4, 0.5) is 0 Å². The summed E-state index contributed by atoms with van der Waals surface area (Å²) in [5.74, 6) is 0.0124. The normalized spacial score (nSPS) is 19.4. The van der Waals surface area contributed by atoms with E-state index in [2.05, 4.69) is 11.9 Å². The fraction of sp³-hybridized carbons (Fsp3) is 0.833. The minimum absolute atomic E-state index is 0.0124. The van der Waals surface area contributed by atoms with Crippen molar-refractivity contribution in [3.63, 3.8) is 0 Å². The highest BCUT2D eigenvalue weighted by Gasteiger charge is 2.18. The van der Waals surface area contributed by atoms with Gasteiger partial charge in [-0.15, -0.1) is 0 Å². The van der Waals surface area contributed by atoms with Crippen molar-refractivity contribution in [2.45, 2.75) is 20.3 Å². The highest BCUT2D eigenvalue weighted by molar-refractivity contribution is 5.80. The van der Waals surface area contributed by atoms with Crippen molar-refractivity contribution in [1.82, 2.24) is 14.7 Å². The average molecular weight is 243 g/mol. The molecule has 2 saturated heterocycles. The van der Waals surface area contributed by atoms with Gasteiger partial charge < -0.3 is 14.7 Å². The Hall–Kier alpha value is -1.10. The zero-order chi connectivity index (χ0) is 13.3. The second kappa shape index (κ2) is 8.98. The minimum atomic E-state index is 0.0124. The van der Waals surface area contributed by atoms with E-state index in [4.69, 9.17) is 0 Å². The Balaban J connectivity index is 0.000000306. The zero-order valence-electron chi connectivity index (χ0n) is 11.5. The van der Waals surface area contributed by atoms with Crippen LogP contribution in [0.3, 0.4) is 0 Å². The van der Waals surface area contributed by atoms with Gasteiger partial charge in [-0.2, -0.15) is 0 Å². The average Bonchev–Trinajstić information content (AvgIpc) is 2.33. The molecule has 0 aliphatic carbocycles. The monoisotopic (exact) mass is 243 g/mol. The third-order valence-corrected chi connectivity index (χ3v) is 2.72. The van der Waals surface area contributed by atoms with Crippen molar-refractivity contribution in [3.05, 3.63) is 0 Å². The fourth-order valence-electron chi connectivity index (χ4n) is 1.34. The van der Waals surface area contributed by atoms with Crippen molar-refractivity contribution in [2.75, 3.05) is 46.8 Å². The molecule has 2 aliphatic heterocycles. The Bertz CT molecular complexity index is 230. The van der Waals surface area contributed by atoms with Gasteiger partial charge in [-0.3, -0.25) is 9.59 Å². The maximum atomic E-state index is 10.9. The molecule has 0 aromatic rings. The molecule has 5 nitrogen and oxygen atoms in total. The van der Waals surface area contributed by atoms with Crippen LogP contribution in [0.5, 0.6) is 0 Å². The number of likely N-dealkylation sites (N-methyl/N-ethyl adjacent to an activating group) is 1. The van der Waals surface area contributed by atoms with Crippen molar-refractivity contribution in [3.8, 4) is 0 Å². The van der Waals surface area contributed by atoms with E-state index >= 15 is 0 Å². The molecule has 0 unspecified atom stereocenters. The van der Waals surface area contributed by atoms with E-state index in [1.54, 1.807) is 11.9 Å². The Kier molecular flexibility index (Phi) is 8.40. The zero-order valence-corrected chi connectivity index (χ0v) is 11.5. The Morgan fingerprint density at radius 2 is 1.59 bits per heavy atom. The highest BCUT2D eigenvalue weighted by Crippen LogP contribution is 1.98. The molecule has 0 atom stereocenters. The molecular weight excluding hydrogens is 218 g/mol. The number of amides is 2. The summed E-state index contributed by atoms with van der Waals surface area (Å²) in [4.78, 5) is 26.5. The number of carbonyl (C=O) groups excluding carboxylic acids is 2. The number of rotatable bonds is 1. The minimum Gasteiger partial charge on any atom is -0.342 e. The van der Waals surface area contributed by atoms with Crippen LogP contribution in [0.1, 0.15) is 20.3 Å². The Morgan fingerprint density at radius 1 is 1.06 bits per heavy atom. The molecule has 17 heavy (non-hydrogen) atoms. The van der Waals surface area contributed by atoms with Crippen LogP contribution < -0.4 is 0 Å². The predicted octanol–water partition coefficient (Wildman–Crippen LogP) is 0.265. The SMILES string of the molecule is CC.CN1CCC1.CN1CCN(C=O)CC1=O. The lowest BCUT2D eigenvalue weighted by Crippen LogP contribution is -2.47. The molecule has 0 saturated carbocycles. The van der Waals surface area contributed by atoms with Crippen molar-refractivity contribution in [1.29, 1.82) is 0 Å². The van der Waals surface area contributed by atoms with Crippen molar-refractivity contribution in [2.24, 2.45) is 0 Å². The summed E-state index contributed by atoms with van der Waals surface area (Å²) in [7, 11) is 3.88. The van der Waals surface area contributed by atoms with Crippen LogP contribution >= 0.6 is 0 Å². The van der Waals surface area contributed by atoms with Gasteiger partial charge in [0.05, 0.1) is 6.54 Å². The maximum Gasteiger partial charge on any atom is 0.241 e. The number of hydrogen-bond acceptors (Lipinski definition) is 3. The van der Waals surface area contributed by atoms with E-state index in [1.165, 1.54) is 24.4 Å². The van der Waals surface area contributed by atoms with Crippen molar-refractivity contribution >= 4 is 12.3 Å². The molecule has 2 amide bonds. The number of hydrogen-bond donors (Lipinski definition) is 0. The second-order valence-corrected chi connectivity index (χ2v) is 4.05. The first-order valence-corrected chi connectivity index (χ1v) is 6.25. The summed E-state index contributed by atoms with van der Waals surface area (Å²) in [6.45, 7) is 8.18. The van der Waals surface area contributed by atoms with E-state index in [9.17, 15) is 9.59 Å². The molecule has 2 rings (SSSR count). The lowest BCUT2D eigenvalue weighted by atomic mass is 10.3. The number of carbonyl (C=O) groups is 2. The number of piperazine rings is 1. The second-order valence-electron chi connectivity index (χ2n) is 4.05. The molecule has 2 heterocycles. The fourth-order valence-corrected chi connectivity index (χ4v) is 1.34. The molecule has 0 radical (unpaired) electrons. The maximum absolute atomic E-state index is 10.9. The predicted molar refractivity (Wildman–Crippen MR) is 68.7 cm³/mol. The van der Waals surface area contributed by atoms with E-state index in [0.29, 0.717) is 19.5 Å². The van der Waals surface area contributed by atoms with Gasteiger partial charge in [0.1, 0.15) is 0 Å². The Labute approximate surface area is 104 Å². The molecule has 5 heteroatoms. The van der Waals surface area contributed by atoms with Gasteiger partial charge in [-0.05, 0) is 26.6 Å². The van der Waals surface area contributed by atoms with E-state index in [1.807, 2.05) is 13.8 Å². The van der Waals surface area contributed by atoms with Gasteiger partial charge in [0.2, 0.25) is 12.3 Å². The van der Waals surface area contributed by atoms with E-state index < -0.39 is 0 Å². The summed E-state index contributed by atoms with van der Waals surface area (Å²) in [5.41, 5.74) is 0. The molecule has 0 aromatic heterocycles. The van der Waals surface area contributed by atoms with Gasteiger partial charge in [0.15, 0.2) is 0 Å². The first-order chi connectivity index (χ1) is 8.13. The summed E-state index contributed by atoms with van der Waals surface area (Å²) in [6.07, 6.45) is 2.13.